The molecule has 0 saturated heterocycles. The van der Waals surface area contributed by atoms with Gasteiger partial charge in [0.15, 0.2) is 5.58 Å². The molecule has 1 heterocycles. The number of nitrogens with zero attached hydrogens (tertiary/aromatic N) is 2. The molecule has 0 aliphatic heterocycles. The molecule has 1 aliphatic carbocycles. The standard InChI is InChI=1S/C20H21N3O2/c1-21-20(24)15-8-6-14(7-9-15)12-23(16-10-11-16)13-19-22-17-4-2-3-5-18(17)25-19/h2-9,16H,10-13H2,1H3,(H,21,24). The van der Waals surface area contributed by atoms with E-state index in [9.17, 15) is 4.79 Å². The molecule has 2 aromatic carbocycles. The van der Waals surface area contributed by atoms with Crippen LogP contribution in [0.3, 0.4) is 0 Å². The average molecular weight is 335 g/mol. The average Bonchev–Trinajstić information content (AvgIpc) is 3.41. The second kappa shape index (κ2) is 6.69. The number of hydrogen-bond acceptors (Lipinski definition) is 4. The van der Waals surface area contributed by atoms with Crippen molar-refractivity contribution in [1.29, 1.82) is 0 Å². The lowest BCUT2D eigenvalue weighted by atomic mass is 10.1. The van der Waals surface area contributed by atoms with Crippen LogP contribution in [0.1, 0.15) is 34.7 Å². The maximum Gasteiger partial charge on any atom is 0.251 e. The van der Waals surface area contributed by atoms with Gasteiger partial charge in [0.2, 0.25) is 5.89 Å². The van der Waals surface area contributed by atoms with Gasteiger partial charge in [-0.25, -0.2) is 4.98 Å². The number of aromatic nitrogens is 1. The Morgan fingerprint density at radius 3 is 2.60 bits per heavy atom. The lowest BCUT2D eigenvalue weighted by molar-refractivity contribution is 0.0963. The third kappa shape index (κ3) is 3.56. The van der Waals surface area contributed by atoms with E-state index in [4.69, 9.17) is 4.42 Å². The summed E-state index contributed by atoms with van der Waals surface area (Å²) in [6.07, 6.45) is 2.44. The molecule has 1 aliphatic rings. The molecule has 4 rings (SSSR count). The number of carbonyl (C=O) groups is 1. The van der Waals surface area contributed by atoms with Gasteiger partial charge < -0.3 is 9.73 Å². The molecular weight excluding hydrogens is 314 g/mol. The molecular formula is C20H21N3O2. The lowest BCUT2D eigenvalue weighted by Crippen LogP contribution is -2.25. The summed E-state index contributed by atoms with van der Waals surface area (Å²) in [6, 6.07) is 16.2. The molecule has 0 bridgehead atoms. The third-order valence-electron chi connectivity index (χ3n) is 4.57. The predicted octanol–water partition coefficient (Wildman–Crippen LogP) is 3.35. The maximum atomic E-state index is 11.6. The Labute approximate surface area is 146 Å². The molecule has 25 heavy (non-hydrogen) atoms. The zero-order chi connectivity index (χ0) is 17.2. The van der Waals surface area contributed by atoms with Crippen LogP contribution in [0.5, 0.6) is 0 Å². The van der Waals surface area contributed by atoms with Crippen LogP contribution in [0, 0.1) is 0 Å². The van der Waals surface area contributed by atoms with Crippen molar-refractivity contribution in [3.8, 4) is 0 Å². The molecule has 0 unspecified atom stereocenters. The van der Waals surface area contributed by atoms with Gasteiger partial charge in [-0.15, -0.1) is 0 Å². The number of amides is 1. The van der Waals surface area contributed by atoms with Gasteiger partial charge in [-0.1, -0.05) is 24.3 Å². The minimum absolute atomic E-state index is 0.0583. The van der Waals surface area contributed by atoms with E-state index in [1.165, 1.54) is 18.4 Å². The van der Waals surface area contributed by atoms with Gasteiger partial charge in [0.1, 0.15) is 5.52 Å². The largest absolute Gasteiger partial charge is 0.439 e. The van der Waals surface area contributed by atoms with Crippen molar-refractivity contribution >= 4 is 17.0 Å². The molecule has 0 spiro atoms. The van der Waals surface area contributed by atoms with Crippen molar-refractivity contribution in [2.75, 3.05) is 7.05 Å². The van der Waals surface area contributed by atoms with E-state index in [0.717, 1.165) is 23.5 Å². The summed E-state index contributed by atoms with van der Waals surface area (Å²) in [5.41, 5.74) is 3.62. The first-order valence-corrected chi connectivity index (χ1v) is 8.62. The zero-order valence-electron chi connectivity index (χ0n) is 14.2. The summed E-state index contributed by atoms with van der Waals surface area (Å²) in [5, 5.41) is 2.65. The minimum Gasteiger partial charge on any atom is -0.439 e. The maximum absolute atomic E-state index is 11.6. The SMILES string of the molecule is CNC(=O)c1ccc(CN(Cc2nc3ccccc3o2)C2CC2)cc1. The first-order chi connectivity index (χ1) is 12.2. The fourth-order valence-electron chi connectivity index (χ4n) is 3.06. The van der Waals surface area contributed by atoms with Crippen molar-refractivity contribution in [1.82, 2.24) is 15.2 Å². The summed E-state index contributed by atoms with van der Waals surface area (Å²) >= 11 is 0. The van der Waals surface area contributed by atoms with Crippen LogP contribution in [-0.2, 0) is 13.1 Å². The number of hydrogen-bond donors (Lipinski definition) is 1. The number of rotatable bonds is 6. The van der Waals surface area contributed by atoms with E-state index in [1.807, 2.05) is 48.5 Å². The highest BCUT2D eigenvalue weighted by molar-refractivity contribution is 5.93. The fraction of sp³-hybridized carbons (Fsp3) is 0.300. The van der Waals surface area contributed by atoms with Gasteiger partial charge in [-0.2, -0.15) is 0 Å². The molecule has 5 heteroatoms. The Morgan fingerprint density at radius 2 is 1.92 bits per heavy atom. The smallest absolute Gasteiger partial charge is 0.251 e. The Kier molecular flexibility index (Phi) is 4.24. The van der Waals surface area contributed by atoms with Gasteiger partial charge >= 0.3 is 0 Å². The fourth-order valence-corrected chi connectivity index (χ4v) is 3.06. The molecule has 128 valence electrons. The van der Waals surface area contributed by atoms with E-state index < -0.39 is 0 Å². The molecule has 0 atom stereocenters. The first-order valence-electron chi connectivity index (χ1n) is 8.62. The van der Waals surface area contributed by atoms with Crippen LogP contribution >= 0.6 is 0 Å². The summed E-state index contributed by atoms with van der Waals surface area (Å²) < 4.78 is 5.87. The normalized spacial score (nSPS) is 14.2. The summed E-state index contributed by atoms with van der Waals surface area (Å²) in [5.74, 6) is 0.701. The van der Waals surface area contributed by atoms with E-state index in [1.54, 1.807) is 7.05 Å². The van der Waals surface area contributed by atoms with Gasteiger partial charge in [0.05, 0.1) is 6.54 Å². The number of para-hydroxylation sites is 2. The molecule has 1 aromatic heterocycles. The lowest BCUT2D eigenvalue weighted by Gasteiger charge is -2.20. The van der Waals surface area contributed by atoms with Crippen molar-refractivity contribution < 1.29 is 9.21 Å². The van der Waals surface area contributed by atoms with Crippen LogP contribution in [-0.4, -0.2) is 28.9 Å². The first kappa shape index (κ1) is 15.8. The minimum atomic E-state index is -0.0583. The van der Waals surface area contributed by atoms with Crippen LogP contribution in [0.2, 0.25) is 0 Å². The third-order valence-corrected chi connectivity index (χ3v) is 4.57. The van der Waals surface area contributed by atoms with E-state index in [0.29, 0.717) is 18.2 Å². The highest BCUT2D eigenvalue weighted by atomic mass is 16.3. The van der Waals surface area contributed by atoms with Crippen LogP contribution in [0.15, 0.2) is 52.9 Å². The Hall–Kier alpha value is -2.66. The van der Waals surface area contributed by atoms with Gasteiger partial charge in [0.25, 0.3) is 5.91 Å². The Balaban J connectivity index is 1.49. The van der Waals surface area contributed by atoms with Gasteiger partial charge in [-0.05, 0) is 42.7 Å². The Bertz CT molecular complexity index is 848. The molecule has 1 saturated carbocycles. The number of oxazole rings is 1. The zero-order valence-corrected chi connectivity index (χ0v) is 14.2. The van der Waals surface area contributed by atoms with E-state index >= 15 is 0 Å². The molecule has 1 fully saturated rings. The topological polar surface area (TPSA) is 58.4 Å². The Morgan fingerprint density at radius 1 is 1.16 bits per heavy atom. The van der Waals surface area contributed by atoms with Crippen molar-refractivity contribution in [2.24, 2.45) is 0 Å². The van der Waals surface area contributed by atoms with Gasteiger partial charge in [0, 0.05) is 25.2 Å². The number of carbonyl (C=O) groups excluding carboxylic acids is 1. The molecule has 1 amide bonds. The van der Waals surface area contributed by atoms with Crippen molar-refractivity contribution in [3.05, 3.63) is 65.5 Å². The summed E-state index contributed by atoms with van der Waals surface area (Å²) in [6.45, 7) is 1.54. The van der Waals surface area contributed by atoms with E-state index in [-0.39, 0.29) is 5.91 Å². The predicted molar refractivity (Wildman–Crippen MR) is 96.1 cm³/mol. The molecule has 5 nitrogen and oxygen atoms in total. The quantitative estimate of drug-likeness (QED) is 0.750. The van der Waals surface area contributed by atoms with Crippen molar-refractivity contribution in [2.45, 2.75) is 32.0 Å². The van der Waals surface area contributed by atoms with Crippen LogP contribution in [0.4, 0.5) is 0 Å². The second-order valence-electron chi connectivity index (χ2n) is 6.49. The molecule has 3 aromatic rings. The molecule has 1 N–H and O–H groups in total. The van der Waals surface area contributed by atoms with Crippen LogP contribution in [0.25, 0.3) is 11.1 Å². The monoisotopic (exact) mass is 335 g/mol. The highest BCUT2D eigenvalue weighted by Crippen LogP contribution is 2.30. The number of benzene rings is 2. The highest BCUT2D eigenvalue weighted by Gasteiger charge is 2.30. The second-order valence-corrected chi connectivity index (χ2v) is 6.49. The van der Waals surface area contributed by atoms with E-state index in [2.05, 4.69) is 15.2 Å². The number of fused-ring (bicyclic) bond motifs is 1. The summed E-state index contributed by atoms with van der Waals surface area (Å²) in [7, 11) is 1.64. The number of nitrogens with one attached hydrogen (secondary N) is 1. The summed E-state index contributed by atoms with van der Waals surface area (Å²) in [4.78, 5) is 18.6. The van der Waals surface area contributed by atoms with Crippen molar-refractivity contribution in [3.63, 3.8) is 0 Å². The molecule has 0 radical (unpaired) electrons. The van der Waals surface area contributed by atoms with Crippen LogP contribution < -0.4 is 5.32 Å². The van der Waals surface area contributed by atoms with Gasteiger partial charge in [-0.3, -0.25) is 9.69 Å².